The van der Waals surface area contributed by atoms with Gasteiger partial charge in [0.15, 0.2) is 0 Å². The topological polar surface area (TPSA) is 49.3 Å². The van der Waals surface area contributed by atoms with E-state index in [0.717, 1.165) is 40.7 Å². The van der Waals surface area contributed by atoms with Crippen LogP contribution in [0.3, 0.4) is 0 Å². The minimum atomic E-state index is -0.0361. The van der Waals surface area contributed by atoms with Crippen LogP contribution in [0.5, 0.6) is 0 Å². The van der Waals surface area contributed by atoms with Crippen molar-refractivity contribution in [3.63, 3.8) is 0 Å². The van der Waals surface area contributed by atoms with E-state index in [0.29, 0.717) is 16.4 Å². The van der Waals surface area contributed by atoms with Crippen LogP contribution in [0.25, 0.3) is 10.7 Å². The highest BCUT2D eigenvalue weighted by atomic mass is 35.5. The monoisotopic (exact) mass is 398 g/mol. The van der Waals surface area contributed by atoms with E-state index in [1.54, 1.807) is 6.20 Å². The van der Waals surface area contributed by atoms with Gasteiger partial charge in [0.05, 0.1) is 22.8 Å². The number of amides is 1. The Labute approximate surface area is 167 Å². The van der Waals surface area contributed by atoms with Crippen molar-refractivity contribution in [1.82, 2.24) is 9.97 Å². The van der Waals surface area contributed by atoms with Crippen LogP contribution in [0.15, 0.2) is 42.6 Å². The number of hydrogen-bond donors (Lipinski definition) is 0. The zero-order valence-corrected chi connectivity index (χ0v) is 16.7. The Morgan fingerprint density at radius 2 is 2.04 bits per heavy atom. The predicted molar refractivity (Wildman–Crippen MR) is 111 cm³/mol. The molecule has 0 fully saturated rings. The molecule has 4 rings (SSSR count). The molecule has 138 valence electrons. The smallest absolute Gasteiger partial charge is 0.270 e. The molecule has 2 aromatic heterocycles. The summed E-state index contributed by atoms with van der Waals surface area (Å²) in [5.74, 6) is -0.0361. The first-order chi connectivity index (χ1) is 13.0. The Bertz CT molecular complexity index is 989. The normalized spacial score (nSPS) is 14.0. The van der Waals surface area contributed by atoms with Crippen molar-refractivity contribution in [3.8, 4) is 10.7 Å². The van der Waals surface area contributed by atoms with Gasteiger partial charge in [-0.3, -0.25) is 9.78 Å². The third-order valence-corrected chi connectivity index (χ3v) is 6.04. The van der Waals surface area contributed by atoms with Crippen LogP contribution in [0.1, 0.15) is 21.8 Å². The maximum atomic E-state index is 13.4. The van der Waals surface area contributed by atoms with Crippen LogP contribution >= 0.6 is 22.9 Å². The van der Waals surface area contributed by atoms with Crippen molar-refractivity contribution in [2.75, 3.05) is 29.9 Å². The third kappa shape index (κ3) is 3.42. The highest BCUT2D eigenvalue weighted by molar-refractivity contribution is 7.17. The fourth-order valence-corrected chi connectivity index (χ4v) is 4.43. The number of rotatable bonds is 2. The molecule has 0 atom stereocenters. The van der Waals surface area contributed by atoms with E-state index in [-0.39, 0.29) is 5.91 Å². The molecule has 0 unspecified atom stereocenters. The van der Waals surface area contributed by atoms with Gasteiger partial charge in [-0.2, -0.15) is 0 Å². The molecule has 3 heterocycles. The molecule has 5 nitrogen and oxygen atoms in total. The van der Waals surface area contributed by atoms with Gasteiger partial charge in [-0.1, -0.05) is 17.7 Å². The zero-order chi connectivity index (χ0) is 19.0. The van der Waals surface area contributed by atoms with Gasteiger partial charge >= 0.3 is 0 Å². The number of thiazole rings is 1. The molecule has 1 aromatic carbocycles. The average molecular weight is 399 g/mol. The van der Waals surface area contributed by atoms with Crippen LogP contribution in [0.2, 0.25) is 5.02 Å². The minimum Gasteiger partial charge on any atom is -0.373 e. The molecule has 27 heavy (non-hydrogen) atoms. The van der Waals surface area contributed by atoms with Crippen LogP contribution in [0.4, 0.5) is 11.4 Å². The van der Waals surface area contributed by atoms with Crippen LogP contribution in [-0.2, 0) is 0 Å². The molecule has 1 aliphatic rings. The van der Waals surface area contributed by atoms with E-state index in [1.165, 1.54) is 11.3 Å². The van der Waals surface area contributed by atoms with Crippen molar-refractivity contribution in [1.29, 1.82) is 0 Å². The van der Waals surface area contributed by atoms with Crippen molar-refractivity contribution < 1.29 is 4.79 Å². The van der Waals surface area contributed by atoms with Crippen molar-refractivity contribution in [2.24, 2.45) is 0 Å². The number of aryl methyl sites for hydroxylation is 1. The van der Waals surface area contributed by atoms with Gasteiger partial charge in [0.2, 0.25) is 0 Å². The number of pyridine rings is 1. The molecular formula is C20H19ClN4OS. The number of hydrogen-bond acceptors (Lipinski definition) is 5. The molecular weight excluding hydrogens is 380 g/mol. The maximum Gasteiger partial charge on any atom is 0.270 e. The third-order valence-electron chi connectivity index (χ3n) is 4.63. The van der Waals surface area contributed by atoms with E-state index in [4.69, 9.17) is 11.6 Å². The number of fused-ring (bicyclic) bond motifs is 1. The van der Waals surface area contributed by atoms with Crippen LogP contribution in [-0.4, -0.2) is 36.0 Å². The maximum absolute atomic E-state index is 13.4. The first-order valence-corrected chi connectivity index (χ1v) is 9.95. The van der Waals surface area contributed by atoms with Gasteiger partial charge in [-0.15, -0.1) is 11.3 Å². The predicted octanol–water partition coefficient (Wildman–Crippen LogP) is 4.65. The molecule has 0 saturated heterocycles. The SMILES string of the molecule is Cc1nc(-c2ccccn2)sc1C(=O)N1CCCN(C)c2ccc(Cl)cc21. The van der Waals surface area contributed by atoms with Gasteiger partial charge in [0.1, 0.15) is 9.88 Å². The number of benzene rings is 1. The molecule has 0 bridgehead atoms. The minimum absolute atomic E-state index is 0.0361. The molecule has 3 aromatic rings. The molecule has 7 heteroatoms. The van der Waals surface area contributed by atoms with E-state index < -0.39 is 0 Å². The summed E-state index contributed by atoms with van der Waals surface area (Å²) in [6, 6.07) is 11.4. The van der Waals surface area contributed by atoms with Gasteiger partial charge < -0.3 is 9.80 Å². The zero-order valence-electron chi connectivity index (χ0n) is 15.1. The summed E-state index contributed by atoms with van der Waals surface area (Å²) >= 11 is 7.62. The first kappa shape index (κ1) is 17.9. The molecule has 0 saturated carbocycles. The number of carbonyl (C=O) groups is 1. The molecule has 0 N–H and O–H groups in total. The van der Waals surface area contributed by atoms with E-state index in [2.05, 4.69) is 14.9 Å². The largest absolute Gasteiger partial charge is 0.373 e. The second-order valence-corrected chi connectivity index (χ2v) is 7.95. The van der Waals surface area contributed by atoms with Gasteiger partial charge in [-0.25, -0.2) is 4.98 Å². The standard InChI is InChI=1S/C20H19ClN4OS/c1-13-18(27-19(23-13)15-6-3-4-9-22-15)20(26)25-11-5-10-24(2)16-8-7-14(21)12-17(16)25/h3-4,6-9,12H,5,10-11H2,1-2H3. The molecule has 1 aliphatic heterocycles. The quantitative estimate of drug-likeness (QED) is 0.630. The van der Waals surface area contributed by atoms with Crippen LogP contribution < -0.4 is 9.80 Å². The summed E-state index contributed by atoms with van der Waals surface area (Å²) in [5, 5.41) is 1.38. The number of carbonyl (C=O) groups excluding carboxylic acids is 1. The second-order valence-electron chi connectivity index (χ2n) is 6.51. The first-order valence-electron chi connectivity index (χ1n) is 8.76. The number of nitrogens with zero attached hydrogens (tertiary/aromatic N) is 4. The Kier molecular flexibility index (Phi) is 4.85. The summed E-state index contributed by atoms with van der Waals surface area (Å²) in [6.45, 7) is 3.41. The summed E-state index contributed by atoms with van der Waals surface area (Å²) in [7, 11) is 2.04. The fraction of sp³-hybridized carbons (Fsp3) is 0.250. The highest BCUT2D eigenvalue weighted by Crippen LogP contribution is 2.36. The summed E-state index contributed by atoms with van der Waals surface area (Å²) in [5.41, 5.74) is 3.37. The van der Waals surface area contributed by atoms with Gasteiger partial charge in [-0.05, 0) is 43.7 Å². The van der Waals surface area contributed by atoms with Gasteiger partial charge in [0.25, 0.3) is 5.91 Å². The Morgan fingerprint density at radius 3 is 2.81 bits per heavy atom. The van der Waals surface area contributed by atoms with E-state index >= 15 is 0 Å². The summed E-state index contributed by atoms with van der Waals surface area (Å²) < 4.78 is 0. The lowest BCUT2D eigenvalue weighted by atomic mass is 10.2. The Hall–Kier alpha value is -2.44. The summed E-state index contributed by atoms with van der Waals surface area (Å²) in [4.78, 5) is 27.0. The fourth-order valence-electron chi connectivity index (χ4n) is 3.27. The number of anilines is 2. The van der Waals surface area contributed by atoms with Crippen molar-refractivity contribution in [3.05, 3.63) is 58.2 Å². The lowest BCUT2D eigenvalue weighted by Crippen LogP contribution is -2.31. The van der Waals surface area contributed by atoms with Gasteiger partial charge in [0, 0.05) is 31.4 Å². The lowest BCUT2D eigenvalue weighted by molar-refractivity contribution is 0.0990. The number of aromatic nitrogens is 2. The number of halogens is 1. The molecule has 0 spiro atoms. The Balaban J connectivity index is 1.74. The van der Waals surface area contributed by atoms with Crippen LogP contribution in [0, 0.1) is 6.92 Å². The van der Waals surface area contributed by atoms with Crippen molar-refractivity contribution in [2.45, 2.75) is 13.3 Å². The molecule has 1 amide bonds. The molecule has 0 radical (unpaired) electrons. The highest BCUT2D eigenvalue weighted by Gasteiger charge is 2.27. The van der Waals surface area contributed by atoms with E-state index in [9.17, 15) is 4.79 Å². The summed E-state index contributed by atoms with van der Waals surface area (Å²) in [6.07, 6.45) is 2.62. The lowest BCUT2D eigenvalue weighted by Gasteiger charge is -2.24. The average Bonchev–Trinajstić information content (AvgIpc) is 2.99. The van der Waals surface area contributed by atoms with Crippen molar-refractivity contribution >= 4 is 40.2 Å². The Morgan fingerprint density at radius 1 is 1.19 bits per heavy atom. The molecule has 0 aliphatic carbocycles. The second kappa shape index (κ2) is 7.29. The van der Waals surface area contributed by atoms with E-state index in [1.807, 2.05) is 55.3 Å².